The Morgan fingerprint density at radius 3 is 2.82 bits per heavy atom. The Bertz CT molecular complexity index is 728. The molecule has 22 heavy (non-hydrogen) atoms. The Hall–Kier alpha value is -2.11. The number of rotatable bonds is 5. The second-order valence-electron chi connectivity index (χ2n) is 5.52. The van der Waals surface area contributed by atoms with Crippen LogP contribution in [-0.4, -0.2) is 36.4 Å². The van der Waals surface area contributed by atoms with Crippen molar-refractivity contribution in [1.29, 1.82) is 0 Å². The van der Waals surface area contributed by atoms with Gasteiger partial charge in [0.25, 0.3) is 5.91 Å². The van der Waals surface area contributed by atoms with Gasteiger partial charge in [-0.25, -0.2) is 0 Å². The number of hydrogen-bond donors (Lipinski definition) is 2. The van der Waals surface area contributed by atoms with Crippen LogP contribution >= 0.6 is 11.3 Å². The fraction of sp³-hybridized carbons (Fsp3) is 0.235. The third kappa shape index (κ3) is 3.05. The number of aromatic amines is 1. The van der Waals surface area contributed by atoms with Crippen LogP contribution in [0, 0.1) is 0 Å². The van der Waals surface area contributed by atoms with Gasteiger partial charge in [-0.1, -0.05) is 18.2 Å². The number of likely N-dealkylation sites (N-methyl/N-ethyl adjacent to an activating group) is 1. The third-order valence-corrected chi connectivity index (χ3v) is 4.48. The molecule has 3 aromatic rings. The molecule has 0 radical (unpaired) electrons. The van der Waals surface area contributed by atoms with Crippen molar-refractivity contribution in [1.82, 2.24) is 15.2 Å². The molecule has 4 nitrogen and oxygen atoms in total. The average Bonchev–Trinajstić information content (AvgIpc) is 3.16. The van der Waals surface area contributed by atoms with Gasteiger partial charge in [-0.15, -0.1) is 0 Å². The molecule has 1 atom stereocenters. The second-order valence-corrected chi connectivity index (χ2v) is 6.30. The standard InChI is InChI=1S/C17H19N3OS/c1-20(2)16(13-7-8-22-11-13)10-18-17(21)15-9-12-5-3-4-6-14(12)19-15/h3-9,11,16,19H,10H2,1-2H3,(H,18,21). The number of hydrogen-bond acceptors (Lipinski definition) is 3. The highest BCUT2D eigenvalue weighted by Gasteiger charge is 2.17. The van der Waals surface area contributed by atoms with Crippen LogP contribution in [0.2, 0.25) is 0 Å². The van der Waals surface area contributed by atoms with Crippen LogP contribution in [0.5, 0.6) is 0 Å². The Morgan fingerprint density at radius 1 is 1.32 bits per heavy atom. The molecule has 2 aromatic heterocycles. The van der Waals surface area contributed by atoms with E-state index < -0.39 is 0 Å². The normalized spacial score (nSPS) is 12.7. The van der Waals surface area contributed by atoms with Crippen LogP contribution in [0.15, 0.2) is 47.2 Å². The molecule has 3 rings (SSSR count). The molecule has 1 amide bonds. The van der Waals surface area contributed by atoms with E-state index in [0.717, 1.165) is 10.9 Å². The summed E-state index contributed by atoms with van der Waals surface area (Å²) in [7, 11) is 4.05. The van der Waals surface area contributed by atoms with E-state index in [4.69, 9.17) is 0 Å². The van der Waals surface area contributed by atoms with Crippen LogP contribution in [-0.2, 0) is 0 Å². The van der Waals surface area contributed by atoms with Crippen molar-refractivity contribution >= 4 is 28.1 Å². The first-order chi connectivity index (χ1) is 10.6. The van der Waals surface area contributed by atoms with Crippen molar-refractivity contribution in [2.45, 2.75) is 6.04 Å². The topological polar surface area (TPSA) is 48.1 Å². The molecule has 0 aliphatic heterocycles. The number of carbonyl (C=O) groups is 1. The maximum atomic E-state index is 12.4. The molecule has 0 spiro atoms. The maximum Gasteiger partial charge on any atom is 0.267 e. The minimum atomic E-state index is -0.0710. The first kappa shape index (κ1) is 14.8. The number of aromatic nitrogens is 1. The zero-order valence-electron chi connectivity index (χ0n) is 12.7. The van der Waals surface area contributed by atoms with E-state index in [0.29, 0.717) is 12.2 Å². The molecule has 0 saturated carbocycles. The van der Waals surface area contributed by atoms with Crippen molar-refractivity contribution in [3.8, 4) is 0 Å². The lowest BCUT2D eigenvalue weighted by atomic mass is 10.1. The third-order valence-electron chi connectivity index (χ3n) is 3.78. The molecule has 0 fully saturated rings. The monoisotopic (exact) mass is 313 g/mol. The van der Waals surface area contributed by atoms with Gasteiger partial charge in [0.2, 0.25) is 0 Å². The van der Waals surface area contributed by atoms with Gasteiger partial charge in [0.05, 0.1) is 6.04 Å². The molecular formula is C17H19N3OS. The molecule has 1 unspecified atom stereocenters. The van der Waals surface area contributed by atoms with Crippen LogP contribution in [0.4, 0.5) is 0 Å². The SMILES string of the molecule is CN(C)C(CNC(=O)c1cc2ccccc2[nH]1)c1ccsc1. The van der Waals surface area contributed by atoms with Gasteiger partial charge in [-0.3, -0.25) is 4.79 Å². The predicted octanol–water partition coefficient (Wildman–Crippen LogP) is 3.26. The minimum Gasteiger partial charge on any atom is -0.351 e. The minimum absolute atomic E-state index is 0.0710. The summed E-state index contributed by atoms with van der Waals surface area (Å²) in [5.41, 5.74) is 2.81. The van der Waals surface area contributed by atoms with E-state index >= 15 is 0 Å². The molecule has 2 N–H and O–H groups in total. The van der Waals surface area contributed by atoms with Crippen LogP contribution < -0.4 is 5.32 Å². The van der Waals surface area contributed by atoms with Gasteiger partial charge in [0.15, 0.2) is 0 Å². The number of nitrogens with one attached hydrogen (secondary N) is 2. The quantitative estimate of drug-likeness (QED) is 0.759. The Morgan fingerprint density at radius 2 is 2.14 bits per heavy atom. The summed E-state index contributed by atoms with van der Waals surface area (Å²) < 4.78 is 0. The van der Waals surface area contributed by atoms with Crippen molar-refractivity contribution in [3.05, 3.63) is 58.4 Å². The van der Waals surface area contributed by atoms with Gasteiger partial charge in [0, 0.05) is 17.4 Å². The number of nitrogens with zero attached hydrogens (tertiary/aromatic N) is 1. The summed E-state index contributed by atoms with van der Waals surface area (Å²) in [4.78, 5) is 17.6. The molecule has 0 aliphatic rings. The molecule has 0 saturated heterocycles. The van der Waals surface area contributed by atoms with Crippen LogP contribution in [0.1, 0.15) is 22.1 Å². The van der Waals surface area contributed by atoms with Crippen molar-refractivity contribution in [2.75, 3.05) is 20.6 Å². The lowest BCUT2D eigenvalue weighted by molar-refractivity contribution is 0.0938. The maximum absolute atomic E-state index is 12.4. The lowest BCUT2D eigenvalue weighted by Crippen LogP contribution is -2.34. The van der Waals surface area contributed by atoms with E-state index in [1.165, 1.54) is 5.56 Å². The van der Waals surface area contributed by atoms with E-state index in [2.05, 4.69) is 32.0 Å². The van der Waals surface area contributed by atoms with E-state index in [1.54, 1.807) is 11.3 Å². The Labute approximate surface area is 133 Å². The molecule has 1 aromatic carbocycles. The highest BCUT2D eigenvalue weighted by Crippen LogP contribution is 2.20. The Kier molecular flexibility index (Phi) is 4.27. The first-order valence-electron chi connectivity index (χ1n) is 7.19. The van der Waals surface area contributed by atoms with Crippen molar-refractivity contribution in [3.63, 3.8) is 0 Å². The van der Waals surface area contributed by atoms with Gasteiger partial charge in [0.1, 0.15) is 5.69 Å². The number of carbonyl (C=O) groups excluding carboxylic acids is 1. The number of para-hydroxylation sites is 1. The fourth-order valence-electron chi connectivity index (χ4n) is 2.54. The smallest absolute Gasteiger partial charge is 0.267 e. The van der Waals surface area contributed by atoms with Crippen LogP contribution in [0.25, 0.3) is 10.9 Å². The molecule has 114 valence electrons. The number of H-pyrrole nitrogens is 1. The number of benzene rings is 1. The molecule has 0 aliphatic carbocycles. The van der Waals surface area contributed by atoms with Gasteiger partial charge >= 0.3 is 0 Å². The zero-order valence-corrected chi connectivity index (χ0v) is 13.5. The molecule has 0 bridgehead atoms. The summed E-state index contributed by atoms with van der Waals surface area (Å²) in [5.74, 6) is -0.0710. The molecule has 2 heterocycles. The zero-order chi connectivity index (χ0) is 15.5. The first-order valence-corrected chi connectivity index (χ1v) is 8.14. The predicted molar refractivity (Wildman–Crippen MR) is 91.4 cm³/mol. The van der Waals surface area contributed by atoms with Crippen molar-refractivity contribution in [2.24, 2.45) is 0 Å². The van der Waals surface area contributed by atoms with Gasteiger partial charge in [-0.2, -0.15) is 11.3 Å². The molecule has 5 heteroatoms. The summed E-state index contributed by atoms with van der Waals surface area (Å²) in [5, 5.41) is 8.26. The van der Waals surface area contributed by atoms with Crippen LogP contribution in [0.3, 0.4) is 0 Å². The van der Waals surface area contributed by atoms with Gasteiger partial charge < -0.3 is 15.2 Å². The summed E-state index contributed by atoms with van der Waals surface area (Å²) >= 11 is 1.67. The summed E-state index contributed by atoms with van der Waals surface area (Å²) in [6.07, 6.45) is 0. The van der Waals surface area contributed by atoms with E-state index in [-0.39, 0.29) is 11.9 Å². The average molecular weight is 313 g/mol. The van der Waals surface area contributed by atoms with E-state index in [9.17, 15) is 4.79 Å². The fourth-order valence-corrected chi connectivity index (χ4v) is 3.25. The number of thiophene rings is 1. The summed E-state index contributed by atoms with van der Waals surface area (Å²) in [6, 6.07) is 12.1. The highest BCUT2D eigenvalue weighted by atomic mass is 32.1. The largest absolute Gasteiger partial charge is 0.351 e. The second kappa shape index (κ2) is 6.34. The van der Waals surface area contributed by atoms with Gasteiger partial charge in [-0.05, 0) is 48.6 Å². The summed E-state index contributed by atoms with van der Waals surface area (Å²) in [6.45, 7) is 0.581. The van der Waals surface area contributed by atoms with Crippen molar-refractivity contribution < 1.29 is 4.79 Å². The highest BCUT2D eigenvalue weighted by molar-refractivity contribution is 7.07. The van der Waals surface area contributed by atoms with E-state index in [1.807, 2.05) is 44.4 Å². The lowest BCUT2D eigenvalue weighted by Gasteiger charge is -2.23. The Balaban J connectivity index is 1.71. The molecular weight excluding hydrogens is 294 g/mol. The number of amides is 1. The number of fused-ring (bicyclic) bond motifs is 1.